The molecule has 3 N–H and O–H groups in total. The molecule has 1 aromatic rings. The van der Waals surface area contributed by atoms with Crippen LogP contribution >= 0.6 is 0 Å². The first-order chi connectivity index (χ1) is 10.2. The minimum atomic E-state index is 0.358. The molecule has 6 heteroatoms. The highest BCUT2D eigenvalue weighted by atomic mass is 16.5. The van der Waals surface area contributed by atoms with Gasteiger partial charge >= 0.3 is 0 Å². The van der Waals surface area contributed by atoms with E-state index in [-0.39, 0.29) is 0 Å². The second-order valence-corrected chi connectivity index (χ2v) is 5.93. The van der Waals surface area contributed by atoms with E-state index in [1.807, 2.05) is 6.92 Å². The summed E-state index contributed by atoms with van der Waals surface area (Å²) in [6, 6.07) is 0.451. The molecule has 0 aromatic carbocycles. The van der Waals surface area contributed by atoms with E-state index in [0.717, 1.165) is 55.4 Å². The standard InChI is InChI=1S/C15H25N5O/c1-3-5-13-17-14(19-16)10(2)15(18-13)20-8-9-21-12-7-4-6-11(12)20/h11-12H,3-9,16H2,1-2H3,(H,17,18,19). The lowest BCUT2D eigenvalue weighted by Gasteiger charge is -2.39. The molecule has 3 rings (SSSR count). The number of morpholine rings is 1. The molecule has 0 radical (unpaired) electrons. The third-order valence-electron chi connectivity index (χ3n) is 4.53. The highest BCUT2D eigenvalue weighted by Gasteiger charge is 2.37. The Kier molecular flexibility index (Phi) is 4.26. The van der Waals surface area contributed by atoms with E-state index >= 15 is 0 Å². The van der Waals surface area contributed by atoms with Crippen LogP contribution in [0.4, 0.5) is 11.6 Å². The molecule has 2 fully saturated rings. The van der Waals surface area contributed by atoms with Gasteiger partial charge in [-0.1, -0.05) is 6.92 Å². The lowest BCUT2D eigenvalue weighted by Crippen LogP contribution is -2.49. The van der Waals surface area contributed by atoms with Gasteiger partial charge in [-0.05, 0) is 32.6 Å². The normalized spacial score (nSPS) is 25.0. The fraction of sp³-hybridized carbons (Fsp3) is 0.733. The molecule has 2 heterocycles. The van der Waals surface area contributed by atoms with Crippen LogP contribution in [0.3, 0.4) is 0 Å². The predicted octanol–water partition coefficient (Wildman–Crippen LogP) is 1.78. The Hall–Kier alpha value is -1.40. The molecule has 1 saturated heterocycles. The fourth-order valence-corrected chi connectivity index (χ4v) is 3.49. The van der Waals surface area contributed by atoms with Crippen molar-refractivity contribution in [1.29, 1.82) is 0 Å². The fourth-order valence-electron chi connectivity index (χ4n) is 3.49. The number of anilines is 2. The van der Waals surface area contributed by atoms with Gasteiger partial charge in [0.25, 0.3) is 0 Å². The van der Waals surface area contributed by atoms with E-state index in [2.05, 4.69) is 22.2 Å². The maximum atomic E-state index is 5.90. The molecule has 2 aliphatic rings. The molecule has 0 spiro atoms. The van der Waals surface area contributed by atoms with Crippen molar-refractivity contribution in [1.82, 2.24) is 9.97 Å². The van der Waals surface area contributed by atoms with Crippen LogP contribution in [0.1, 0.15) is 44.0 Å². The summed E-state index contributed by atoms with van der Waals surface area (Å²) in [4.78, 5) is 11.7. The first kappa shape index (κ1) is 14.5. The Bertz CT molecular complexity index is 507. The monoisotopic (exact) mass is 291 g/mol. The highest BCUT2D eigenvalue weighted by molar-refractivity contribution is 5.59. The number of aromatic nitrogens is 2. The molecule has 21 heavy (non-hydrogen) atoms. The van der Waals surface area contributed by atoms with E-state index < -0.39 is 0 Å². The molecular formula is C15H25N5O. The zero-order valence-electron chi connectivity index (χ0n) is 12.9. The third kappa shape index (κ3) is 2.70. The van der Waals surface area contributed by atoms with Gasteiger partial charge in [-0.2, -0.15) is 0 Å². The van der Waals surface area contributed by atoms with Crippen molar-refractivity contribution >= 4 is 11.6 Å². The Morgan fingerprint density at radius 2 is 2.24 bits per heavy atom. The van der Waals surface area contributed by atoms with E-state index in [4.69, 9.17) is 15.6 Å². The third-order valence-corrected chi connectivity index (χ3v) is 4.53. The summed E-state index contributed by atoms with van der Waals surface area (Å²) in [6.45, 7) is 5.85. The van der Waals surface area contributed by atoms with Gasteiger partial charge in [0.15, 0.2) is 0 Å². The summed E-state index contributed by atoms with van der Waals surface area (Å²) in [5, 5.41) is 0. The molecule has 1 aromatic heterocycles. The molecule has 116 valence electrons. The Morgan fingerprint density at radius 3 is 3.00 bits per heavy atom. The summed E-state index contributed by atoms with van der Waals surface area (Å²) < 4.78 is 5.90. The topological polar surface area (TPSA) is 76.3 Å². The second kappa shape index (κ2) is 6.15. The first-order valence-corrected chi connectivity index (χ1v) is 7.97. The number of hydrazine groups is 1. The summed E-state index contributed by atoms with van der Waals surface area (Å²) in [5.41, 5.74) is 3.76. The van der Waals surface area contributed by atoms with E-state index in [1.54, 1.807) is 0 Å². The number of nitrogen functional groups attached to an aromatic ring is 1. The van der Waals surface area contributed by atoms with Gasteiger partial charge in [-0.15, -0.1) is 0 Å². The van der Waals surface area contributed by atoms with Crippen molar-refractivity contribution in [3.8, 4) is 0 Å². The first-order valence-electron chi connectivity index (χ1n) is 7.97. The Balaban J connectivity index is 1.97. The molecule has 2 atom stereocenters. The second-order valence-electron chi connectivity index (χ2n) is 5.93. The number of hydrogen-bond acceptors (Lipinski definition) is 6. The van der Waals surface area contributed by atoms with Crippen LogP contribution in [0.2, 0.25) is 0 Å². The van der Waals surface area contributed by atoms with Crippen molar-refractivity contribution in [3.63, 3.8) is 0 Å². The number of fused-ring (bicyclic) bond motifs is 1. The van der Waals surface area contributed by atoms with Crippen LogP contribution in [0, 0.1) is 6.92 Å². The van der Waals surface area contributed by atoms with Gasteiger partial charge in [0.05, 0.1) is 18.8 Å². The van der Waals surface area contributed by atoms with Gasteiger partial charge in [0.2, 0.25) is 0 Å². The van der Waals surface area contributed by atoms with Crippen LogP contribution in [0.25, 0.3) is 0 Å². The average Bonchev–Trinajstić information content (AvgIpc) is 2.97. The molecule has 6 nitrogen and oxygen atoms in total. The zero-order valence-corrected chi connectivity index (χ0v) is 12.9. The van der Waals surface area contributed by atoms with Crippen molar-refractivity contribution < 1.29 is 4.74 Å². The summed E-state index contributed by atoms with van der Waals surface area (Å²) in [6.07, 6.45) is 5.84. The molecular weight excluding hydrogens is 266 g/mol. The van der Waals surface area contributed by atoms with E-state index in [1.165, 1.54) is 12.8 Å². The molecule has 1 saturated carbocycles. The lowest BCUT2D eigenvalue weighted by molar-refractivity contribution is 0.0252. The average molecular weight is 291 g/mol. The largest absolute Gasteiger partial charge is 0.374 e. The summed E-state index contributed by atoms with van der Waals surface area (Å²) in [5.74, 6) is 8.27. The van der Waals surface area contributed by atoms with Gasteiger partial charge in [0.1, 0.15) is 17.5 Å². The van der Waals surface area contributed by atoms with Crippen LogP contribution in [0.15, 0.2) is 0 Å². The van der Waals surface area contributed by atoms with Gasteiger partial charge in [0, 0.05) is 18.5 Å². The van der Waals surface area contributed by atoms with Crippen LogP contribution in [-0.4, -0.2) is 35.3 Å². The molecule has 2 unspecified atom stereocenters. The molecule has 0 amide bonds. The van der Waals surface area contributed by atoms with Crippen molar-refractivity contribution in [2.75, 3.05) is 23.5 Å². The smallest absolute Gasteiger partial charge is 0.148 e. The van der Waals surface area contributed by atoms with Crippen LogP contribution in [0.5, 0.6) is 0 Å². The quantitative estimate of drug-likeness (QED) is 0.650. The number of ether oxygens (including phenoxy) is 1. The summed E-state index contributed by atoms with van der Waals surface area (Å²) >= 11 is 0. The van der Waals surface area contributed by atoms with Crippen molar-refractivity contribution in [3.05, 3.63) is 11.4 Å². The molecule has 0 bridgehead atoms. The minimum Gasteiger partial charge on any atom is -0.374 e. The van der Waals surface area contributed by atoms with Crippen LogP contribution in [-0.2, 0) is 11.2 Å². The maximum Gasteiger partial charge on any atom is 0.148 e. The minimum absolute atomic E-state index is 0.358. The van der Waals surface area contributed by atoms with Crippen molar-refractivity contribution in [2.24, 2.45) is 5.84 Å². The highest BCUT2D eigenvalue weighted by Crippen LogP contribution is 2.34. The number of nitrogens with two attached hydrogens (primary N) is 1. The van der Waals surface area contributed by atoms with Crippen LogP contribution < -0.4 is 16.2 Å². The number of rotatable bonds is 4. The van der Waals surface area contributed by atoms with Gasteiger partial charge < -0.3 is 15.1 Å². The van der Waals surface area contributed by atoms with E-state index in [9.17, 15) is 0 Å². The number of nitrogens with zero attached hydrogens (tertiary/aromatic N) is 3. The molecule has 1 aliphatic heterocycles. The predicted molar refractivity (Wildman–Crippen MR) is 83.3 cm³/mol. The van der Waals surface area contributed by atoms with Gasteiger partial charge in [-0.25, -0.2) is 15.8 Å². The molecule has 1 aliphatic carbocycles. The maximum absolute atomic E-state index is 5.90. The number of nitrogens with one attached hydrogen (secondary N) is 1. The number of aryl methyl sites for hydroxylation is 1. The van der Waals surface area contributed by atoms with Gasteiger partial charge in [-0.3, -0.25) is 0 Å². The lowest BCUT2D eigenvalue weighted by atomic mass is 10.1. The zero-order chi connectivity index (χ0) is 14.8. The van der Waals surface area contributed by atoms with E-state index in [0.29, 0.717) is 12.1 Å². The Labute approximate surface area is 126 Å². The van der Waals surface area contributed by atoms with Crippen molar-refractivity contribution in [2.45, 2.75) is 58.1 Å². The summed E-state index contributed by atoms with van der Waals surface area (Å²) in [7, 11) is 0. The SMILES string of the molecule is CCCc1nc(NN)c(C)c(N2CCOC3CCCC32)n1. The number of hydrogen-bond donors (Lipinski definition) is 2. The Morgan fingerprint density at radius 1 is 1.38 bits per heavy atom.